The van der Waals surface area contributed by atoms with E-state index in [4.69, 9.17) is 0 Å². The predicted octanol–water partition coefficient (Wildman–Crippen LogP) is 4.03. The van der Waals surface area contributed by atoms with Crippen molar-refractivity contribution < 1.29 is 9.50 Å². The summed E-state index contributed by atoms with van der Waals surface area (Å²) in [6, 6.07) is 14.2. The van der Waals surface area contributed by atoms with Crippen LogP contribution in [0.2, 0.25) is 0 Å². The van der Waals surface area contributed by atoms with E-state index in [0.717, 1.165) is 10.5 Å². The Bertz CT molecular complexity index is 494. The molecule has 1 nitrogen and oxygen atoms in total. The molecule has 0 bridgehead atoms. The molecule has 0 saturated carbocycles. The van der Waals surface area contributed by atoms with E-state index in [2.05, 4.69) is 0 Å². The van der Waals surface area contributed by atoms with Gasteiger partial charge in [0.25, 0.3) is 0 Å². The third kappa shape index (κ3) is 3.08. The van der Waals surface area contributed by atoms with Crippen LogP contribution in [0.3, 0.4) is 0 Å². The maximum atomic E-state index is 13.4. The van der Waals surface area contributed by atoms with E-state index in [0.29, 0.717) is 4.90 Å². The van der Waals surface area contributed by atoms with Crippen molar-refractivity contribution in [2.24, 2.45) is 0 Å². The molecule has 2 aromatic carbocycles. The van der Waals surface area contributed by atoms with E-state index in [9.17, 15) is 9.50 Å². The molecule has 0 amide bonds. The lowest BCUT2D eigenvalue weighted by atomic mass is 10.1. The van der Waals surface area contributed by atoms with E-state index in [1.807, 2.05) is 30.3 Å². The summed E-state index contributed by atoms with van der Waals surface area (Å²) < 4.78 is 13.4. The fraction of sp³-hybridized carbons (Fsp3) is 0.143. The molecule has 0 aliphatic heterocycles. The average Bonchev–Trinajstić information content (AvgIpc) is 2.33. The molecule has 0 radical (unpaired) electrons. The van der Waals surface area contributed by atoms with Gasteiger partial charge in [0.15, 0.2) is 0 Å². The van der Waals surface area contributed by atoms with E-state index < -0.39 is 6.10 Å². The number of rotatable bonds is 3. The molecule has 0 spiro atoms. The first kappa shape index (κ1) is 12.1. The molecule has 17 heavy (non-hydrogen) atoms. The van der Waals surface area contributed by atoms with Crippen molar-refractivity contribution >= 4 is 11.8 Å². The van der Waals surface area contributed by atoms with Gasteiger partial charge in [0, 0.05) is 9.79 Å². The molecule has 0 saturated heterocycles. The Hall–Kier alpha value is -1.32. The molecule has 0 aromatic heterocycles. The Morgan fingerprint density at radius 3 is 2.29 bits per heavy atom. The van der Waals surface area contributed by atoms with Crippen LogP contribution in [0.5, 0.6) is 0 Å². The zero-order valence-electron chi connectivity index (χ0n) is 9.43. The second-order valence-corrected chi connectivity index (χ2v) is 4.89. The lowest BCUT2D eigenvalue weighted by Crippen LogP contribution is -1.89. The van der Waals surface area contributed by atoms with Crippen molar-refractivity contribution in [1.29, 1.82) is 0 Å². The predicted molar refractivity (Wildman–Crippen MR) is 67.6 cm³/mol. The largest absolute Gasteiger partial charge is 0.389 e. The van der Waals surface area contributed by atoms with Gasteiger partial charge in [0.2, 0.25) is 0 Å². The van der Waals surface area contributed by atoms with Crippen LogP contribution in [0.1, 0.15) is 18.6 Å². The third-order valence-electron chi connectivity index (χ3n) is 2.43. The maximum Gasteiger partial charge on any atom is 0.137 e. The fourth-order valence-corrected chi connectivity index (χ4v) is 2.31. The summed E-state index contributed by atoms with van der Waals surface area (Å²) in [7, 11) is 0. The number of hydrogen-bond donors (Lipinski definition) is 1. The summed E-state index contributed by atoms with van der Waals surface area (Å²) in [4.78, 5) is 1.57. The third-order valence-corrected chi connectivity index (χ3v) is 3.49. The van der Waals surface area contributed by atoms with Crippen molar-refractivity contribution in [3.8, 4) is 0 Å². The minimum Gasteiger partial charge on any atom is -0.389 e. The lowest BCUT2D eigenvalue weighted by Gasteiger charge is -2.06. The normalized spacial score (nSPS) is 12.4. The minimum atomic E-state index is -0.470. The van der Waals surface area contributed by atoms with Crippen LogP contribution in [0.15, 0.2) is 58.3 Å². The van der Waals surface area contributed by atoms with Gasteiger partial charge in [-0.1, -0.05) is 36.0 Å². The average molecular weight is 248 g/mol. The van der Waals surface area contributed by atoms with Gasteiger partial charge in [-0.2, -0.15) is 0 Å². The van der Waals surface area contributed by atoms with Gasteiger partial charge in [0.05, 0.1) is 6.10 Å². The highest BCUT2D eigenvalue weighted by molar-refractivity contribution is 7.99. The highest BCUT2D eigenvalue weighted by atomic mass is 32.2. The second kappa shape index (κ2) is 5.34. The topological polar surface area (TPSA) is 20.2 Å². The first-order valence-electron chi connectivity index (χ1n) is 5.37. The quantitative estimate of drug-likeness (QED) is 0.885. The molecule has 0 heterocycles. The van der Waals surface area contributed by atoms with Crippen molar-refractivity contribution in [3.63, 3.8) is 0 Å². The second-order valence-electron chi connectivity index (χ2n) is 3.78. The summed E-state index contributed by atoms with van der Waals surface area (Å²) >= 11 is 1.38. The Labute approximate surface area is 104 Å². The number of hydrogen-bond acceptors (Lipinski definition) is 2. The van der Waals surface area contributed by atoms with Gasteiger partial charge in [-0.15, -0.1) is 0 Å². The van der Waals surface area contributed by atoms with Gasteiger partial charge in [-0.3, -0.25) is 0 Å². The zero-order chi connectivity index (χ0) is 12.3. The lowest BCUT2D eigenvalue weighted by molar-refractivity contribution is 0.199. The standard InChI is InChI=1S/C14H13FOS/c1-10(16)11-6-8-12(9-7-11)17-14-5-3-2-4-13(14)15/h2-10,16H,1H3/t10-/m1/s1. The van der Waals surface area contributed by atoms with Crippen molar-refractivity contribution in [3.05, 3.63) is 59.9 Å². The van der Waals surface area contributed by atoms with E-state index >= 15 is 0 Å². The molecule has 88 valence electrons. The molecular weight excluding hydrogens is 235 g/mol. The van der Waals surface area contributed by atoms with Crippen LogP contribution in [-0.4, -0.2) is 5.11 Å². The van der Waals surface area contributed by atoms with Crippen molar-refractivity contribution in [2.75, 3.05) is 0 Å². The van der Waals surface area contributed by atoms with E-state index in [1.54, 1.807) is 19.1 Å². The summed E-state index contributed by atoms with van der Waals surface area (Å²) in [5.41, 5.74) is 0.864. The van der Waals surface area contributed by atoms with Crippen molar-refractivity contribution in [1.82, 2.24) is 0 Å². The SMILES string of the molecule is C[C@@H](O)c1ccc(Sc2ccccc2F)cc1. The molecule has 0 aliphatic rings. The van der Waals surface area contributed by atoms with Gasteiger partial charge < -0.3 is 5.11 Å². The maximum absolute atomic E-state index is 13.4. The van der Waals surface area contributed by atoms with Gasteiger partial charge in [-0.25, -0.2) is 4.39 Å². The van der Waals surface area contributed by atoms with Crippen LogP contribution < -0.4 is 0 Å². The molecule has 2 rings (SSSR count). The Morgan fingerprint density at radius 1 is 1.06 bits per heavy atom. The van der Waals surface area contributed by atoms with Gasteiger partial charge >= 0.3 is 0 Å². The van der Waals surface area contributed by atoms with Gasteiger partial charge in [-0.05, 0) is 36.8 Å². The van der Waals surface area contributed by atoms with Crippen molar-refractivity contribution in [2.45, 2.75) is 22.8 Å². The van der Waals surface area contributed by atoms with Crippen LogP contribution >= 0.6 is 11.8 Å². The summed E-state index contributed by atoms with van der Waals surface area (Å²) in [6.07, 6.45) is -0.470. The number of halogens is 1. The highest BCUT2D eigenvalue weighted by Gasteiger charge is 2.04. The molecule has 1 N–H and O–H groups in total. The van der Waals surface area contributed by atoms with Crippen LogP contribution in [-0.2, 0) is 0 Å². The fourth-order valence-electron chi connectivity index (χ4n) is 1.47. The van der Waals surface area contributed by atoms with Crippen LogP contribution in [0, 0.1) is 5.82 Å². The van der Waals surface area contributed by atoms with Gasteiger partial charge in [0.1, 0.15) is 5.82 Å². The molecule has 0 unspecified atom stereocenters. The molecule has 2 aromatic rings. The first-order chi connectivity index (χ1) is 8.16. The Kier molecular flexibility index (Phi) is 3.82. The Morgan fingerprint density at radius 2 is 1.71 bits per heavy atom. The minimum absolute atomic E-state index is 0.211. The zero-order valence-corrected chi connectivity index (χ0v) is 10.2. The van der Waals surface area contributed by atoms with Crippen LogP contribution in [0.4, 0.5) is 4.39 Å². The molecule has 3 heteroatoms. The molecule has 1 atom stereocenters. The van der Waals surface area contributed by atoms with Crippen LogP contribution in [0.25, 0.3) is 0 Å². The number of benzene rings is 2. The number of aliphatic hydroxyl groups excluding tert-OH is 1. The van der Waals surface area contributed by atoms with E-state index in [-0.39, 0.29) is 5.82 Å². The Balaban J connectivity index is 2.17. The first-order valence-corrected chi connectivity index (χ1v) is 6.19. The summed E-state index contributed by atoms with van der Waals surface area (Å²) in [5.74, 6) is -0.211. The number of aliphatic hydroxyl groups is 1. The monoisotopic (exact) mass is 248 g/mol. The smallest absolute Gasteiger partial charge is 0.137 e. The summed E-state index contributed by atoms with van der Waals surface area (Å²) in [5, 5.41) is 9.38. The molecule has 0 fully saturated rings. The summed E-state index contributed by atoms with van der Waals surface area (Å²) in [6.45, 7) is 1.72. The molecule has 0 aliphatic carbocycles. The highest BCUT2D eigenvalue weighted by Crippen LogP contribution is 2.30. The molecular formula is C14H13FOS. The van der Waals surface area contributed by atoms with E-state index in [1.165, 1.54) is 17.8 Å².